The Kier molecular flexibility index (Phi) is 41.2. The van der Waals surface area contributed by atoms with E-state index in [-0.39, 0.29) is 87.7 Å². The topological polar surface area (TPSA) is 311 Å². The van der Waals surface area contributed by atoms with Gasteiger partial charge in [-0.05, 0) is 250 Å². The molecule has 5 aliphatic carbocycles. The van der Waals surface area contributed by atoms with Crippen LogP contribution in [0.25, 0.3) is 11.0 Å². The Bertz CT molecular complexity index is 6440. The highest BCUT2D eigenvalue weighted by Crippen LogP contribution is 2.42. The zero-order chi connectivity index (χ0) is 104. The Hall–Kier alpha value is -14.4. The summed E-state index contributed by atoms with van der Waals surface area (Å²) in [4.78, 5) is 159. The number of aromatic amines is 1. The molecule has 5 atom stereocenters. The van der Waals surface area contributed by atoms with Crippen molar-refractivity contribution in [2.75, 3.05) is 38.7 Å². The standard InChI is InChI=1S/C23H21F3N4O2S.C23H24N2O4S.C23H26N2O2S.C22H24N2O3S.C22H24N2O2S/c1-2-19(31)30(15-10-11-16-17(13-15)29-22(28-16)23(24,25)26)20(18-9-6-12-33-18)21(32)27-14-7-4-3-5-8-14;1-3-20(26)25(18-13-8-7-12-17(18)23(28)29-2)21(19-14-9-15-30-19)22(27)24-16-10-5-4-6-11-16;1-4-20(26)25(21-16(2)10-8-11-17(21)3)22(19-14-9-15-28-19)23(27)24-18-12-6-5-7-13-18;1-3-20(25)24(17-11-13-18(27-2)14-12-17)21(19-10-7-15-28-19)22(26)23-16-8-5-4-6-9-16;1-3-20(25)24(18-13-11-16(2)12-14-18)21(19-10-7-15-27-19)22(26)23-17-8-5-4-6-9-17/h1,6,9-14,20H,3-5,7-8H2,(H,27,32)(H,28,29);1,7-9,12-16,21H,4-6,10-11H2,2H3,(H,24,27);1,8-11,14-15,18,22H,5-7,12-13H2,2-3H3,(H,24,27);1,7,10-16,21H,4-6,8-9H2,2H3,(H,23,26);1,7,10-15,17,21H,4-6,8-9H2,2H3,(H,23,26). The number of alkyl halides is 3. The fourth-order valence-electron chi connectivity index (χ4n) is 18.8. The van der Waals surface area contributed by atoms with Gasteiger partial charge in [0, 0.05) is 71.7 Å². The van der Waals surface area contributed by atoms with Crippen LogP contribution in [0.5, 0.6) is 5.75 Å². The number of ether oxygens (including phenoxy) is 2. The number of imidazole rings is 1. The summed E-state index contributed by atoms with van der Waals surface area (Å²) >= 11 is 6.99. The minimum absolute atomic E-state index is 0.000862. The van der Waals surface area contributed by atoms with Gasteiger partial charge in [-0.15, -0.1) is 88.8 Å². The van der Waals surface area contributed by atoms with E-state index in [2.05, 4.69) is 60.2 Å². The van der Waals surface area contributed by atoms with Crippen LogP contribution in [0.4, 0.5) is 41.6 Å². The zero-order valence-electron chi connectivity index (χ0n) is 82.1. The van der Waals surface area contributed by atoms with Gasteiger partial charge in [-0.2, -0.15) is 13.2 Å². The van der Waals surface area contributed by atoms with Gasteiger partial charge in [0.25, 0.3) is 0 Å². The number of thiophene rings is 5. The number of esters is 1. The lowest BCUT2D eigenvalue weighted by atomic mass is 9.95. The minimum atomic E-state index is -4.65. The molecule has 5 saturated carbocycles. The van der Waals surface area contributed by atoms with Crippen molar-refractivity contribution < 1.29 is 75.4 Å². The second-order valence-electron chi connectivity index (χ2n) is 36.0. The van der Waals surface area contributed by atoms with Crippen molar-refractivity contribution in [1.29, 1.82) is 0 Å². The molecule has 5 fully saturated rings. The summed E-state index contributed by atoms with van der Waals surface area (Å²) < 4.78 is 49.3. The van der Waals surface area contributed by atoms with E-state index >= 15 is 0 Å². The first kappa shape index (κ1) is 110. The Morgan fingerprint density at radius 2 is 0.671 bits per heavy atom. The van der Waals surface area contributed by atoms with Gasteiger partial charge in [-0.25, -0.2) is 9.78 Å². The van der Waals surface area contributed by atoms with Gasteiger partial charge in [-0.3, -0.25) is 72.4 Å². The summed E-state index contributed by atoms with van der Waals surface area (Å²) in [5.41, 5.74) is 5.55. The lowest BCUT2D eigenvalue weighted by Gasteiger charge is -2.33. The molecule has 16 rings (SSSR count). The van der Waals surface area contributed by atoms with Crippen LogP contribution in [0.2, 0.25) is 0 Å². The molecule has 6 heterocycles. The Labute approximate surface area is 870 Å². The number of hydrogen-bond acceptors (Lipinski definition) is 19. The molecule has 146 heavy (non-hydrogen) atoms. The number of para-hydroxylation sites is 2. The summed E-state index contributed by atoms with van der Waals surface area (Å²) in [6.45, 7) is 5.84. The number of fused-ring (bicyclic) bond motifs is 1. The largest absolute Gasteiger partial charge is 0.497 e. The van der Waals surface area contributed by atoms with E-state index in [1.807, 2.05) is 133 Å². The predicted molar refractivity (Wildman–Crippen MR) is 571 cm³/mol. The average Bonchev–Trinajstić information content (AvgIpc) is 1.74. The number of H-pyrrole nitrogens is 1. The second kappa shape index (κ2) is 54.5. The van der Waals surface area contributed by atoms with Crippen LogP contribution in [0.3, 0.4) is 0 Å². The number of nitrogens with zero attached hydrogens (tertiary/aromatic N) is 6. The van der Waals surface area contributed by atoms with Crippen molar-refractivity contribution in [3.63, 3.8) is 0 Å². The molecule has 33 heteroatoms. The molecule has 11 aromatic rings. The summed E-state index contributed by atoms with van der Waals surface area (Å²) in [6, 6.07) is 45.4. The van der Waals surface area contributed by atoms with Crippen molar-refractivity contribution in [2.45, 2.75) is 248 Å². The van der Waals surface area contributed by atoms with Crippen LogP contribution in [-0.2, 0) is 58.9 Å². The van der Waals surface area contributed by atoms with Crippen molar-refractivity contribution >= 4 is 161 Å². The predicted octanol–water partition coefficient (Wildman–Crippen LogP) is 21.1. The van der Waals surface area contributed by atoms with E-state index in [9.17, 15) is 65.9 Å². The first-order valence-corrected chi connectivity index (χ1v) is 53.2. The van der Waals surface area contributed by atoms with Gasteiger partial charge in [0.15, 0.2) is 30.2 Å². The van der Waals surface area contributed by atoms with E-state index in [0.29, 0.717) is 32.6 Å². The molecule has 0 bridgehead atoms. The van der Waals surface area contributed by atoms with Gasteiger partial charge < -0.3 is 41.0 Å². The number of carbonyl (C=O) groups is 11. The first-order valence-electron chi connectivity index (χ1n) is 48.8. The van der Waals surface area contributed by atoms with E-state index < -0.39 is 77.7 Å². The third-order valence-electron chi connectivity index (χ3n) is 26.0. The Balaban J connectivity index is 0.000000163. The quantitative estimate of drug-likeness (QED) is 0.0206. The molecular weight excluding hydrogens is 1950 g/mol. The second-order valence-corrected chi connectivity index (χ2v) is 40.9. The van der Waals surface area contributed by atoms with E-state index in [4.69, 9.17) is 41.6 Å². The van der Waals surface area contributed by atoms with E-state index in [0.717, 1.165) is 177 Å². The van der Waals surface area contributed by atoms with Crippen molar-refractivity contribution in [3.8, 4) is 67.5 Å². The van der Waals surface area contributed by atoms with Crippen LogP contribution in [0, 0.1) is 82.5 Å². The van der Waals surface area contributed by atoms with Gasteiger partial charge in [-0.1, -0.05) is 175 Å². The highest BCUT2D eigenvalue weighted by molar-refractivity contribution is 7.11. The Morgan fingerprint density at radius 3 is 0.986 bits per heavy atom. The lowest BCUT2D eigenvalue weighted by Crippen LogP contribution is -2.47. The van der Waals surface area contributed by atoms with Crippen molar-refractivity contribution in [2.24, 2.45) is 0 Å². The third-order valence-corrected chi connectivity index (χ3v) is 30.6. The molecule has 5 aliphatic rings. The van der Waals surface area contributed by atoms with Gasteiger partial charge in [0.2, 0.25) is 35.4 Å². The number of amides is 10. The number of rotatable bonds is 27. The normalized spacial score (nSPS) is 15.4. The molecule has 6 aromatic heterocycles. The highest BCUT2D eigenvalue weighted by Gasteiger charge is 2.43. The molecule has 25 nitrogen and oxygen atoms in total. The maximum absolute atomic E-state index is 13.4. The molecule has 760 valence electrons. The number of benzene rings is 5. The van der Waals surface area contributed by atoms with Crippen LogP contribution < -0.4 is 55.8 Å². The number of hydrogen-bond donors (Lipinski definition) is 6. The van der Waals surface area contributed by atoms with E-state index in [1.165, 1.54) is 121 Å². The average molecular weight is 2070 g/mol. The fourth-order valence-corrected chi connectivity index (χ4v) is 22.9. The van der Waals surface area contributed by atoms with E-state index in [1.54, 1.807) is 79.2 Å². The zero-order valence-corrected chi connectivity index (χ0v) is 86.1. The number of aryl methyl sites for hydroxylation is 3. The third kappa shape index (κ3) is 29.3. The summed E-state index contributed by atoms with van der Waals surface area (Å²) in [7, 11) is 2.84. The maximum Gasteiger partial charge on any atom is 0.449 e. The molecule has 0 radical (unpaired) electrons. The molecule has 5 aromatic carbocycles. The fraction of sp³-hybridized carbons (Fsp3) is 0.363. The number of carbonyl (C=O) groups excluding carboxylic acids is 11. The Morgan fingerprint density at radius 1 is 0.370 bits per heavy atom. The first-order chi connectivity index (χ1) is 70.6. The van der Waals surface area contributed by atoms with Crippen molar-refractivity contribution in [1.82, 2.24) is 36.6 Å². The van der Waals surface area contributed by atoms with Crippen LogP contribution in [0.1, 0.15) is 248 Å². The molecule has 0 saturated heterocycles. The number of anilines is 5. The van der Waals surface area contributed by atoms with Crippen LogP contribution in [-0.4, -0.2) is 119 Å². The number of aromatic nitrogens is 2. The molecular formula is C113H119F3N12O13S5. The number of methoxy groups -OCH3 is 2. The minimum Gasteiger partial charge on any atom is -0.497 e. The monoisotopic (exact) mass is 2070 g/mol. The summed E-state index contributed by atoms with van der Waals surface area (Å²) in [5.74, 6) is 5.37. The molecule has 10 amide bonds. The number of halogens is 3. The van der Waals surface area contributed by atoms with Gasteiger partial charge in [0.05, 0.1) is 42.2 Å². The number of terminal acetylenes is 5. The van der Waals surface area contributed by atoms with Gasteiger partial charge in [0.1, 0.15) is 5.75 Å². The lowest BCUT2D eigenvalue weighted by molar-refractivity contribution is -0.144. The smallest absolute Gasteiger partial charge is 0.449 e. The summed E-state index contributed by atoms with van der Waals surface area (Å²) in [6.07, 6.45) is 48.8. The summed E-state index contributed by atoms with van der Waals surface area (Å²) in [5, 5.41) is 24.9. The molecule has 0 aliphatic heterocycles. The molecule has 0 spiro atoms. The maximum atomic E-state index is 13.4. The molecule has 6 N–H and O–H groups in total. The highest BCUT2D eigenvalue weighted by atomic mass is 32.1. The van der Waals surface area contributed by atoms with Crippen LogP contribution >= 0.6 is 56.7 Å². The SMILES string of the molecule is C#CC(=O)N(c1c(C)cccc1C)C(C(=O)NC1CCCCC1)c1cccs1.C#CC(=O)N(c1ccc(C)cc1)C(C(=O)NC1CCCCC1)c1cccs1.C#CC(=O)N(c1ccc(OC)cc1)C(C(=O)NC1CCCCC1)c1cccs1.C#CC(=O)N(c1ccc2nc(C(F)(F)F)[nH]c2c1)C(C(=O)NC1CCCCC1)c1cccs1.C#CC(=O)N(c1ccccc1C(=O)OC)C(C(=O)NC1CCCCC1)c1cccs1. The number of nitrogens with one attached hydrogen (secondary N) is 6. The van der Waals surface area contributed by atoms with Crippen LogP contribution in [0.15, 0.2) is 197 Å². The molecule has 5 unspecified atom stereocenters. The van der Waals surface area contributed by atoms with Gasteiger partial charge >= 0.3 is 41.7 Å². The van der Waals surface area contributed by atoms with Crippen molar-refractivity contribution in [3.05, 3.63) is 249 Å².